The van der Waals surface area contributed by atoms with Crippen molar-refractivity contribution in [1.82, 2.24) is 4.98 Å². The van der Waals surface area contributed by atoms with E-state index in [1.807, 2.05) is 0 Å². The number of nitrogens with two attached hydrogens (primary N) is 1. The number of aromatic nitrogens is 1. The summed E-state index contributed by atoms with van der Waals surface area (Å²) in [7, 11) is -10.9. The Balaban J connectivity index is 3.24. The summed E-state index contributed by atoms with van der Waals surface area (Å²) in [6.45, 7) is 1.52. The number of nitrogens with one attached hydrogen (secondary N) is 1. The van der Waals surface area contributed by atoms with Crippen LogP contribution in [-0.4, -0.2) is 35.7 Å². The van der Waals surface area contributed by atoms with E-state index in [4.69, 9.17) is 5.73 Å². The Hall–Kier alpha value is -0.770. The van der Waals surface area contributed by atoms with Gasteiger partial charge in [0.15, 0.2) is 0 Å². The Morgan fingerprint density at radius 1 is 1.32 bits per heavy atom. The van der Waals surface area contributed by atoms with Gasteiger partial charge in [0.2, 0.25) is 5.91 Å². The summed E-state index contributed by atoms with van der Waals surface area (Å²) in [4.78, 5) is 51.7. The van der Waals surface area contributed by atoms with Crippen LogP contribution in [0.4, 0.5) is 5.69 Å². The molecule has 0 fully saturated rings. The highest BCUT2D eigenvalue weighted by Crippen LogP contribution is 2.70. The van der Waals surface area contributed by atoms with Crippen LogP contribution in [0.5, 0.6) is 0 Å². The normalized spacial score (nSPS) is 14.5. The molecule has 1 aromatic rings. The van der Waals surface area contributed by atoms with Crippen LogP contribution >= 0.6 is 27.8 Å². The van der Waals surface area contributed by atoms with Gasteiger partial charge in [0.25, 0.3) is 5.02 Å². The fraction of sp³-hybridized carbons (Fsp3) is 0.333. The summed E-state index contributed by atoms with van der Waals surface area (Å²) in [5, 5.41) is -1.49. The summed E-state index contributed by atoms with van der Waals surface area (Å²) in [5.41, 5.74) is 4.73. The Morgan fingerprint density at radius 2 is 1.82 bits per heavy atom. The molecule has 0 saturated carbocycles. The largest absolute Gasteiger partial charge is 0.363 e. The maximum atomic E-state index is 11.4. The third kappa shape index (κ3) is 3.76. The molecular weight excluding hydrogens is 356 g/mol. The minimum Gasteiger partial charge on any atom is -0.324 e. The molecule has 10 nitrogen and oxygen atoms in total. The van der Waals surface area contributed by atoms with Gasteiger partial charge in [0.05, 0.1) is 22.8 Å². The van der Waals surface area contributed by atoms with Gasteiger partial charge in [-0.25, -0.2) is 0 Å². The van der Waals surface area contributed by atoms with Gasteiger partial charge >= 0.3 is 15.2 Å². The lowest BCUT2D eigenvalue weighted by Crippen LogP contribution is -2.37. The number of thiol groups is 1. The van der Waals surface area contributed by atoms with E-state index >= 15 is 0 Å². The fourth-order valence-electron chi connectivity index (χ4n) is 1.40. The number of hydrogen-bond acceptors (Lipinski definition) is 6. The maximum absolute atomic E-state index is 11.4. The van der Waals surface area contributed by atoms with Crippen LogP contribution in [0.1, 0.15) is 12.6 Å². The quantitative estimate of drug-likeness (QED) is 0.271. The zero-order valence-corrected chi connectivity index (χ0v) is 13.9. The van der Waals surface area contributed by atoms with Crippen molar-refractivity contribution in [3.63, 3.8) is 0 Å². The Morgan fingerprint density at radius 3 is 2.14 bits per heavy atom. The molecule has 1 atom stereocenters. The molecule has 1 aromatic heterocycles. The van der Waals surface area contributed by atoms with Crippen LogP contribution in [0.2, 0.25) is 0 Å². The number of carbonyl (C=O) groups excluding carboxylic acids is 1. The predicted molar refractivity (Wildman–Crippen MR) is 81.3 cm³/mol. The molecule has 0 bridgehead atoms. The van der Waals surface area contributed by atoms with Crippen molar-refractivity contribution in [2.24, 2.45) is 5.73 Å². The minimum absolute atomic E-state index is 0.147. The fourth-order valence-corrected chi connectivity index (χ4v) is 3.68. The van der Waals surface area contributed by atoms with E-state index in [1.54, 1.807) is 0 Å². The molecule has 0 aromatic carbocycles. The average Bonchev–Trinajstić information content (AvgIpc) is 2.35. The van der Waals surface area contributed by atoms with Crippen molar-refractivity contribution in [2.75, 3.05) is 5.32 Å². The van der Waals surface area contributed by atoms with Gasteiger partial charge in [-0.2, -0.15) is 12.6 Å². The number of amides is 1. The van der Waals surface area contributed by atoms with Crippen LogP contribution in [0.15, 0.2) is 18.3 Å². The molecule has 0 radical (unpaired) electrons. The van der Waals surface area contributed by atoms with E-state index in [9.17, 15) is 33.5 Å². The Kier molecular flexibility index (Phi) is 5.59. The SMILES string of the molecule is CC(S)C(=O)Nc1ccc(C(N)(P(=O)(O)O)P(=O)(O)O)nc1. The first-order chi connectivity index (χ1) is 9.80. The molecule has 124 valence electrons. The topological polar surface area (TPSA) is 183 Å². The molecule has 13 heteroatoms. The van der Waals surface area contributed by atoms with Crippen molar-refractivity contribution >= 4 is 39.4 Å². The second kappa shape index (κ2) is 6.38. The van der Waals surface area contributed by atoms with Crippen molar-refractivity contribution < 1.29 is 33.5 Å². The third-order valence-corrected chi connectivity index (χ3v) is 6.71. The lowest BCUT2D eigenvalue weighted by Gasteiger charge is -2.29. The Labute approximate surface area is 130 Å². The van der Waals surface area contributed by atoms with E-state index in [0.717, 1.165) is 18.3 Å². The highest BCUT2D eigenvalue weighted by molar-refractivity contribution is 7.81. The van der Waals surface area contributed by atoms with Gasteiger partial charge in [0, 0.05) is 0 Å². The number of pyridine rings is 1. The second-order valence-electron chi connectivity index (χ2n) is 4.41. The molecule has 7 N–H and O–H groups in total. The smallest absolute Gasteiger partial charge is 0.324 e. The highest BCUT2D eigenvalue weighted by atomic mass is 32.1. The standard InChI is InChI=1S/C9H15N3O7P2S/c1-5(22)8(13)12-6-2-3-7(11-4-6)9(10,20(14,15)16)21(17,18)19/h2-5,22H,10H2,1H3,(H,12,13)(H2,14,15,16)(H2,17,18,19). The van der Waals surface area contributed by atoms with Gasteiger partial charge in [0.1, 0.15) is 0 Å². The number of hydrogen-bond donors (Lipinski definition) is 7. The molecule has 1 heterocycles. The molecule has 1 unspecified atom stereocenters. The molecular formula is C9H15N3O7P2S. The van der Waals surface area contributed by atoms with E-state index in [1.165, 1.54) is 6.92 Å². The summed E-state index contributed by atoms with van der Waals surface area (Å²) in [6.07, 6.45) is 0.969. The number of anilines is 1. The predicted octanol–water partition coefficient (Wildman–Crippen LogP) is -0.237. The molecule has 0 aliphatic carbocycles. The lowest BCUT2D eigenvalue weighted by molar-refractivity contribution is -0.115. The second-order valence-corrected chi connectivity index (χ2v) is 9.13. The van der Waals surface area contributed by atoms with Crippen molar-refractivity contribution in [2.45, 2.75) is 17.2 Å². The van der Waals surface area contributed by atoms with Crippen molar-refractivity contribution in [1.29, 1.82) is 0 Å². The molecule has 22 heavy (non-hydrogen) atoms. The van der Waals surface area contributed by atoms with Gasteiger partial charge in [-0.1, -0.05) is 0 Å². The van der Waals surface area contributed by atoms with Crippen LogP contribution < -0.4 is 11.1 Å². The number of carbonyl (C=O) groups is 1. The molecule has 1 rings (SSSR count). The van der Waals surface area contributed by atoms with Gasteiger partial charge in [-0.15, -0.1) is 0 Å². The highest BCUT2D eigenvalue weighted by Gasteiger charge is 2.60. The number of rotatable bonds is 5. The molecule has 1 amide bonds. The van der Waals surface area contributed by atoms with Crippen LogP contribution in [-0.2, 0) is 18.9 Å². The maximum Gasteiger partial charge on any atom is 0.363 e. The molecule has 0 spiro atoms. The summed E-state index contributed by atoms with van der Waals surface area (Å²) in [5.74, 6) is -0.457. The minimum atomic E-state index is -5.44. The Bertz CT molecular complexity index is 632. The average molecular weight is 371 g/mol. The zero-order chi connectivity index (χ0) is 17.3. The van der Waals surface area contributed by atoms with Gasteiger partial charge in [-0.3, -0.25) is 24.6 Å². The van der Waals surface area contributed by atoms with Crippen molar-refractivity contribution in [3.8, 4) is 0 Å². The lowest BCUT2D eigenvalue weighted by atomic mass is 10.3. The van der Waals surface area contributed by atoms with Gasteiger partial charge < -0.3 is 24.9 Å². The van der Waals surface area contributed by atoms with Crippen LogP contribution in [0.25, 0.3) is 0 Å². The number of nitrogens with zero attached hydrogens (tertiary/aromatic N) is 1. The molecule has 0 aliphatic heterocycles. The monoisotopic (exact) mass is 371 g/mol. The summed E-state index contributed by atoms with van der Waals surface area (Å²) < 4.78 is 22.8. The van der Waals surface area contributed by atoms with E-state index in [-0.39, 0.29) is 5.69 Å². The van der Waals surface area contributed by atoms with Crippen molar-refractivity contribution in [3.05, 3.63) is 24.0 Å². The first kappa shape index (κ1) is 19.3. The first-order valence-corrected chi connectivity index (χ1v) is 9.40. The van der Waals surface area contributed by atoms with Crippen LogP contribution in [0, 0.1) is 0 Å². The zero-order valence-electron chi connectivity index (χ0n) is 11.2. The van der Waals surface area contributed by atoms with E-state index < -0.39 is 37.1 Å². The van der Waals surface area contributed by atoms with E-state index in [2.05, 4.69) is 22.9 Å². The summed E-state index contributed by atoms with van der Waals surface area (Å²) >= 11 is 3.91. The van der Waals surface area contributed by atoms with Gasteiger partial charge in [-0.05, 0) is 19.1 Å². The molecule has 0 saturated heterocycles. The first-order valence-electron chi connectivity index (χ1n) is 5.66. The van der Waals surface area contributed by atoms with E-state index in [0.29, 0.717) is 0 Å². The molecule has 0 aliphatic rings. The summed E-state index contributed by atoms with van der Waals surface area (Å²) in [6, 6.07) is 2.07. The third-order valence-electron chi connectivity index (χ3n) is 2.68. The van der Waals surface area contributed by atoms with Crippen LogP contribution in [0.3, 0.4) is 0 Å².